The maximum Gasteiger partial charge on any atom is 0.338 e. The van der Waals surface area contributed by atoms with Crippen molar-refractivity contribution in [3.05, 3.63) is 40.4 Å². The van der Waals surface area contributed by atoms with Gasteiger partial charge in [0.1, 0.15) is 6.61 Å². The summed E-state index contributed by atoms with van der Waals surface area (Å²) in [4.78, 5) is 29.9. The number of nitrogens with zero attached hydrogens (tertiary/aromatic N) is 3. The molecule has 1 atom stereocenters. The molecule has 0 aliphatic carbocycles. The van der Waals surface area contributed by atoms with E-state index < -0.39 is 16.0 Å². The summed E-state index contributed by atoms with van der Waals surface area (Å²) in [7, 11) is -3.38. The number of fused-ring (bicyclic) bond motifs is 1. The van der Waals surface area contributed by atoms with Crippen LogP contribution in [-0.2, 0) is 32.6 Å². The highest BCUT2D eigenvalue weighted by molar-refractivity contribution is 7.92. The van der Waals surface area contributed by atoms with E-state index in [-0.39, 0.29) is 18.6 Å². The number of hydrogen-bond donors (Lipinski definition) is 0. The zero-order valence-corrected chi connectivity index (χ0v) is 18.3. The van der Waals surface area contributed by atoms with Crippen molar-refractivity contribution in [3.63, 3.8) is 0 Å². The van der Waals surface area contributed by atoms with Crippen LogP contribution in [0.5, 0.6) is 0 Å². The first-order valence-electron chi connectivity index (χ1n) is 9.13. The lowest BCUT2D eigenvalue weighted by molar-refractivity contribution is -0.116. The van der Waals surface area contributed by atoms with Crippen molar-refractivity contribution in [2.24, 2.45) is 0 Å². The number of aromatic nitrogens is 1. The minimum atomic E-state index is -3.38. The molecule has 1 aliphatic heterocycles. The third-order valence-electron chi connectivity index (χ3n) is 4.64. The minimum absolute atomic E-state index is 0.00621. The van der Waals surface area contributed by atoms with E-state index >= 15 is 0 Å². The van der Waals surface area contributed by atoms with Crippen molar-refractivity contribution in [3.8, 4) is 0 Å². The van der Waals surface area contributed by atoms with Crippen LogP contribution < -0.4 is 9.21 Å². The first-order chi connectivity index (χ1) is 13.6. The number of esters is 1. The van der Waals surface area contributed by atoms with Crippen LogP contribution in [0.2, 0.25) is 0 Å². The van der Waals surface area contributed by atoms with Crippen LogP contribution in [0, 0.1) is 0 Å². The van der Waals surface area contributed by atoms with Gasteiger partial charge in [0.2, 0.25) is 15.9 Å². The number of benzene rings is 1. The fourth-order valence-electron chi connectivity index (χ4n) is 3.44. The maximum absolute atomic E-state index is 12.4. The molecule has 0 saturated heterocycles. The molecule has 10 heteroatoms. The Balaban J connectivity index is 1.69. The molecule has 156 valence electrons. The number of hydrogen-bond acceptors (Lipinski definition) is 7. The quantitative estimate of drug-likeness (QED) is 0.645. The molecule has 0 bridgehead atoms. The molecule has 2 heterocycles. The number of ether oxygens (including phenoxy) is 1. The summed E-state index contributed by atoms with van der Waals surface area (Å²) in [6.45, 7) is 5.68. The SMILES string of the molecule is CCN(C(C)=O)c1nc(COC(=O)c2ccc3c(c2)CC(C)N3S(C)(=O)=O)cs1. The largest absolute Gasteiger partial charge is 0.456 e. The van der Waals surface area contributed by atoms with Crippen molar-refractivity contribution in [1.82, 2.24) is 4.98 Å². The normalized spacial score (nSPS) is 15.9. The molecule has 2 aromatic rings. The summed E-state index contributed by atoms with van der Waals surface area (Å²) in [5.74, 6) is -0.604. The molecule has 1 aliphatic rings. The van der Waals surface area contributed by atoms with Crippen molar-refractivity contribution in [1.29, 1.82) is 0 Å². The number of sulfonamides is 1. The molecule has 29 heavy (non-hydrogen) atoms. The molecular weight excluding hydrogens is 414 g/mol. The molecule has 0 spiro atoms. The monoisotopic (exact) mass is 437 g/mol. The van der Waals surface area contributed by atoms with E-state index in [1.165, 1.54) is 28.8 Å². The van der Waals surface area contributed by atoms with Gasteiger partial charge < -0.3 is 4.74 Å². The smallest absolute Gasteiger partial charge is 0.338 e. The average Bonchev–Trinajstić information content (AvgIpc) is 3.22. The van der Waals surface area contributed by atoms with Crippen LogP contribution in [-0.4, -0.2) is 44.1 Å². The molecule has 0 radical (unpaired) electrons. The van der Waals surface area contributed by atoms with Crippen LogP contribution in [0.1, 0.15) is 42.4 Å². The lowest BCUT2D eigenvalue weighted by atomic mass is 10.1. The van der Waals surface area contributed by atoms with Gasteiger partial charge in [-0.25, -0.2) is 18.2 Å². The number of amides is 1. The zero-order valence-electron chi connectivity index (χ0n) is 16.7. The van der Waals surface area contributed by atoms with E-state index in [1.807, 2.05) is 13.8 Å². The van der Waals surface area contributed by atoms with E-state index in [0.29, 0.717) is 35.0 Å². The molecule has 1 aromatic carbocycles. The van der Waals surface area contributed by atoms with Crippen molar-refractivity contribution in [2.45, 2.75) is 39.8 Å². The highest BCUT2D eigenvalue weighted by atomic mass is 32.2. The van der Waals surface area contributed by atoms with Crippen LogP contribution in [0.3, 0.4) is 0 Å². The highest BCUT2D eigenvalue weighted by Crippen LogP contribution is 2.34. The van der Waals surface area contributed by atoms with Crippen molar-refractivity contribution < 1.29 is 22.7 Å². The van der Waals surface area contributed by atoms with Gasteiger partial charge in [0.05, 0.1) is 23.2 Å². The van der Waals surface area contributed by atoms with Gasteiger partial charge in [-0.2, -0.15) is 0 Å². The molecule has 0 N–H and O–H groups in total. The summed E-state index contributed by atoms with van der Waals surface area (Å²) >= 11 is 1.32. The molecule has 8 nitrogen and oxygen atoms in total. The molecule has 1 unspecified atom stereocenters. The Bertz CT molecular complexity index is 1050. The van der Waals surface area contributed by atoms with Gasteiger partial charge >= 0.3 is 5.97 Å². The molecule has 0 saturated carbocycles. The van der Waals surface area contributed by atoms with E-state index in [2.05, 4.69) is 4.98 Å². The van der Waals surface area contributed by atoms with E-state index in [9.17, 15) is 18.0 Å². The number of anilines is 2. The van der Waals surface area contributed by atoms with Crippen LogP contribution in [0.15, 0.2) is 23.6 Å². The zero-order chi connectivity index (χ0) is 21.3. The number of carbonyl (C=O) groups is 2. The average molecular weight is 438 g/mol. The van der Waals surface area contributed by atoms with Gasteiger partial charge in [-0.1, -0.05) is 0 Å². The van der Waals surface area contributed by atoms with Crippen LogP contribution in [0.4, 0.5) is 10.8 Å². The van der Waals surface area contributed by atoms with Gasteiger partial charge in [0.15, 0.2) is 5.13 Å². The third kappa shape index (κ3) is 4.43. The van der Waals surface area contributed by atoms with Gasteiger partial charge in [-0.15, -0.1) is 11.3 Å². The fourth-order valence-corrected chi connectivity index (χ4v) is 5.62. The summed E-state index contributed by atoms with van der Waals surface area (Å²) in [6, 6.07) is 4.70. The Morgan fingerprint density at radius 2 is 2.10 bits per heavy atom. The second-order valence-electron chi connectivity index (χ2n) is 6.92. The van der Waals surface area contributed by atoms with Crippen molar-refractivity contribution >= 4 is 44.1 Å². The Morgan fingerprint density at radius 3 is 2.72 bits per heavy atom. The topological polar surface area (TPSA) is 96.9 Å². The Kier molecular flexibility index (Phi) is 5.95. The predicted octanol–water partition coefficient (Wildman–Crippen LogP) is 2.58. The molecule has 3 rings (SSSR count). The molecule has 1 aromatic heterocycles. The van der Waals surface area contributed by atoms with Crippen molar-refractivity contribution in [2.75, 3.05) is 22.0 Å². The van der Waals surface area contributed by atoms with E-state index in [0.717, 1.165) is 5.56 Å². The van der Waals surface area contributed by atoms with Gasteiger partial charge in [0, 0.05) is 24.9 Å². The Morgan fingerprint density at radius 1 is 1.38 bits per heavy atom. The highest BCUT2D eigenvalue weighted by Gasteiger charge is 2.33. The Hall–Kier alpha value is -2.46. The number of rotatable bonds is 6. The number of carbonyl (C=O) groups excluding carboxylic acids is 2. The van der Waals surface area contributed by atoms with Gasteiger partial charge in [-0.3, -0.25) is 14.0 Å². The first kappa shape index (κ1) is 21.3. The lowest BCUT2D eigenvalue weighted by Gasteiger charge is -2.21. The first-order valence-corrected chi connectivity index (χ1v) is 11.9. The van der Waals surface area contributed by atoms with E-state index in [1.54, 1.807) is 28.5 Å². The molecule has 0 fully saturated rings. The summed E-state index contributed by atoms with van der Waals surface area (Å²) < 4.78 is 30.7. The maximum atomic E-state index is 12.4. The summed E-state index contributed by atoms with van der Waals surface area (Å²) in [5, 5.41) is 2.32. The van der Waals surface area contributed by atoms with E-state index in [4.69, 9.17) is 4.74 Å². The minimum Gasteiger partial charge on any atom is -0.456 e. The number of thiazole rings is 1. The third-order valence-corrected chi connectivity index (χ3v) is 6.83. The Labute approximate surface area is 174 Å². The summed E-state index contributed by atoms with van der Waals surface area (Å²) in [6.07, 6.45) is 1.71. The van der Waals surface area contributed by atoms with Crippen LogP contribution >= 0.6 is 11.3 Å². The fraction of sp³-hybridized carbons (Fsp3) is 0.421. The second-order valence-corrected chi connectivity index (χ2v) is 9.61. The van der Waals surface area contributed by atoms with Crippen LogP contribution in [0.25, 0.3) is 0 Å². The molecular formula is C19H23N3O5S2. The standard InChI is InChI=1S/C19H23N3O5S2/c1-5-21(13(3)23)19-20-16(11-28-19)10-27-18(24)14-6-7-17-15(9-14)8-12(2)22(17)29(4,25)26/h6-7,9,11-12H,5,8,10H2,1-4H3. The van der Waals surface area contributed by atoms with Gasteiger partial charge in [-0.05, 0) is 44.0 Å². The van der Waals surface area contributed by atoms with Gasteiger partial charge in [0.25, 0.3) is 0 Å². The second kappa shape index (κ2) is 8.11. The predicted molar refractivity (Wildman–Crippen MR) is 112 cm³/mol. The molecule has 1 amide bonds. The lowest BCUT2D eigenvalue weighted by Crippen LogP contribution is -2.34. The summed E-state index contributed by atoms with van der Waals surface area (Å²) in [5.41, 5.74) is 2.33.